The third-order valence-corrected chi connectivity index (χ3v) is 2.31. The van der Waals surface area contributed by atoms with Gasteiger partial charge in [-0.15, -0.1) is 0 Å². The van der Waals surface area contributed by atoms with E-state index in [0.29, 0.717) is 0 Å². The Morgan fingerprint density at radius 3 is 2.40 bits per heavy atom. The van der Waals surface area contributed by atoms with E-state index in [4.69, 9.17) is 0 Å². The smallest absolute Gasteiger partial charge is 0.0540 e. The van der Waals surface area contributed by atoms with E-state index in [2.05, 4.69) is 5.32 Å². The molecule has 2 heteroatoms. The van der Waals surface area contributed by atoms with Gasteiger partial charge < -0.3 is 10.4 Å². The molecule has 60 valence electrons. The summed E-state index contributed by atoms with van der Waals surface area (Å²) >= 11 is 0. The molecule has 2 nitrogen and oxygen atoms in total. The standard InChI is InChI=1S/C8H17NO/c1-9-6-7-2-4-8(10)5-3-7/h7-10H,2-6H2,1H3/t7-,8-. The number of hydrogen-bond donors (Lipinski definition) is 2. The molecule has 0 aromatic heterocycles. The van der Waals surface area contributed by atoms with Crippen molar-refractivity contribution in [2.24, 2.45) is 5.92 Å². The van der Waals surface area contributed by atoms with Gasteiger partial charge in [0, 0.05) is 0 Å². The highest BCUT2D eigenvalue weighted by Crippen LogP contribution is 2.23. The van der Waals surface area contributed by atoms with Crippen LogP contribution in [-0.4, -0.2) is 24.8 Å². The van der Waals surface area contributed by atoms with Crippen molar-refractivity contribution in [3.63, 3.8) is 0 Å². The van der Waals surface area contributed by atoms with E-state index in [0.717, 1.165) is 25.3 Å². The molecule has 0 amide bonds. The maximum Gasteiger partial charge on any atom is 0.0540 e. The minimum Gasteiger partial charge on any atom is -0.393 e. The Bertz CT molecular complexity index is 87.3. The summed E-state index contributed by atoms with van der Waals surface area (Å²) in [5, 5.41) is 12.3. The fraction of sp³-hybridized carbons (Fsp3) is 1.00. The lowest BCUT2D eigenvalue weighted by molar-refractivity contribution is 0.109. The van der Waals surface area contributed by atoms with Gasteiger partial charge in [-0.1, -0.05) is 0 Å². The molecule has 1 saturated carbocycles. The first-order valence-corrected chi connectivity index (χ1v) is 4.15. The van der Waals surface area contributed by atoms with E-state index in [1.165, 1.54) is 12.8 Å². The van der Waals surface area contributed by atoms with E-state index >= 15 is 0 Å². The van der Waals surface area contributed by atoms with Gasteiger partial charge in [0.25, 0.3) is 0 Å². The molecule has 1 fully saturated rings. The Balaban J connectivity index is 2.13. The molecule has 1 rings (SSSR count). The number of hydrogen-bond acceptors (Lipinski definition) is 2. The Morgan fingerprint density at radius 2 is 1.90 bits per heavy atom. The van der Waals surface area contributed by atoms with Crippen LogP contribution in [0.2, 0.25) is 0 Å². The number of rotatable bonds is 2. The molecule has 1 aliphatic carbocycles. The van der Waals surface area contributed by atoms with E-state index < -0.39 is 0 Å². The van der Waals surface area contributed by atoms with Gasteiger partial charge in [0.15, 0.2) is 0 Å². The minimum atomic E-state index is -0.00638. The molecular weight excluding hydrogens is 126 g/mol. The maximum atomic E-state index is 9.17. The van der Waals surface area contributed by atoms with Crippen molar-refractivity contribution in [3.8, 4) is 0 Å². The summed E-state index contributed by atoms with van der Waals surface area (Å²) in [6.07, 6.45) is 4.40. The highest BCUT2D eigenvalue weighted by atomic mass is 16.3. The Hall–Kier alpha value is -0.0800. The molecule has 0 radical (unpaired) electrons. The fourth-order valence-corrected chi connectivity index (χ4v) is 1.64. The van der Waals surface area contributed by atoms with Crippen molar-refractivity contribution in [1.29, 1.82) is 0 Å². The van der Waals surface area contributed by atoms with Crippen LogP contribution >= 0.6 is 0 Å². The van der Waals surface area contributed by atoms with Gasteiger partial charge in [-0.2, -0.15) is 0 Å². The summed E-state index contributed by atoms with van der Waals surface area (Å²) in [5.74, 6) is 0.813. The summed E-state index contributed by atoms with van der Waals surface area (Å²) in [4.78, 5) is 0. The zero-order valence-electron chi connectivity index (χ0n) is 6.64. The number of nitrogens with one attached hydrogen (secondary N) is 1. The van der Waals surface area contributed by atoms with Crippen LogP contribution in [0.1, 0.15) is 25.7 Å². The summed E-state index contributed by atoms with van der Waals surface area (Å²) < 4.78 is 0. The first-order chi connectivity index (χ1) is 4.83. The molecule has 2 N–H and O–H groups in total. The predicted octanol–water partition coefficient (Wildman–Crippen LogP) is 0.757. The first kappa shape index (κ1) is 8.02. The molecular formula is C8H17NO. The predicted molar refractivity (Wildman–Crippen MR) is 41.9 cm³/mol. The second-order valence-corrected chi connectivity index (χ2v) is 3.23. The normalized spacial score (nSPS) is 34.2. The number of aliphatic hydroxyl groups excluding tert-OH is 1. The zero-order chi connectivity index (χ0) is 7.40. The van der Waals surface area contributed by atoms with Crippen LogP contribution in [0.15, 0.2) is 0 Å². The van der Waals surface area contributed by atoms with Gasteiger partial charge in [-0.05, 0) is 45.2 Å². The highest BCUT2D eigenvalue weighted by Gasteiger charge is 2.17. The molecule has 0 saturated heterocycles. The zero-order valence-corrected chi connectivity index (χ0v) is 6.64. The van der Waals surface area contributed by atoms with Crippen LogP contribution in [0.3, 0.4) is 0 Å². The van der Waals surface area contributed by atoms with E-state index in [-0.39, 0.29) is 6.10 Å². The van der Waals surface area contributed by atoms with Crippen molar-refractivity contribution < 1.29 is 5.11 Å². The van der Waals surface area contributed by atoms with Gasteiger partial charge in [-0.25, -0.2) is 0 Å². The summed E-state index contributed by atoms with van der Waals surface area (Å²) in [6, 6.07) is 0. The highest BCUT2D eigenvalue weighted by molar-refractivity contribution is 4.72. The summed E-state index contributed by atoms with van der Waals surface area (Å²) in [5.41, 5.74) is 0. The lowest BCUT2D eigenvalue weighted by Crippen LogP contribution is -2.25. The first-order valence-electron chi connectivity index (χ1n) is 4.15. The third-order valence-electron chi connectivity index (χ3n) is 2.31. The van der Waals surface area contributed by atoms with Crippen molar-refractivity contribution in [2.75, 3.05) is 13.6 Å². The van der Waals surface area contributed by atoms with Crippen LogP contribution in [0.5, 0.6) is 0 Å². The Morgan fingerprint density at radius 1 is 1.30 bits per heavy atom. The van der Waals surface area contributed by atoms with Crippen molar-refractivity contribution in [3.05, 3.63) is 0 Å². The van der Waals surface area contributed by atoms with Crippen molar-refractivity contribution in [2.45, 2.75) is 31.8 Å². The molecule has 0 atom stereocenters. The maximum absolute atomic E-state index is 9.17. The average molecular weight is 143 g/mol. The lowest BCUT2D eigenvalue weighted by atomic mass is 9.87. The van der Waals surface area contributed by atoms with Crippen LogP contribution in [0, 0.1) is 5.92 Å². The second kappa shape index (κ2) is 3.94. The van der Waals surface area contributed by atoms with Gasteiger partial charge >= 0.3 is 0 Å². The van der Waals surface area contributed by atoms with E-state index in [1.54, 1.807) is 0 Å². The van der Waals surface area contributed by atoms with Crippen molar-refractivity contribution >= 4 is 0 Å². The number of aliphatic hydroxyl groups is 1. The molecule has 0 spiro atoms. The van der Waals surface area contributed by atoms with Gasteiger partial charge in [0.2, 0.25) is 0 Å². The van der Waals surface area contributed by atoms with Gasteiger partial charge in [0.1, 0.15) is 0 Å². The molecule has 0 aromatic carbocycles. The Labute approximate surface area is 62.6 Å². The van der Waals surface area contributed by atoms with Crippen LogP contribution in [0.25, 0.3) is 0 Å². The lowest BCUT2D eigenvalue weighted by Gasteiger charge is -2.24. The van der Waals surface area contributed by atoms with Gasteiger partial charge in [-0.3, -0.25) is 0 Å². The second-order valence-electron chi connectivity index (χ2n) is 3.23. The van der Waals surface area contributed by atoms with Crippen molar-refractivity contribution in [1.82, 2.24) is 5.32 Å². The SMILES string of the molecule is CNC[C@H]1CC[C@H](O)CC1. The molecule has 0 aliphatic heterocycles. The van der Waals surface area contributed by atoms with Gasteiger partial charge in [0.05, 0.1) is 6.10 Å². The molecule has 0 unspecified atom stereocenters. The minimum absolute atomic E-state index is 0.00638. The van der Waals surface area contributed by atoms with E-state index in [1.807, 2.05) is 7.05 Å². The van der Waals surface area contributed by atoms with E-state index in [9.17, 15) is 5.11 Å². The molecule has 10 heavy (non-hydrogen) atoms. The summed E-state index contributed by atoms with van der Waals surface area (Å²) in [7, 11) is 1.99. The van der Waals surface area contributed by atoms with Crippen LogP contribution < -0.4 is 5.32 Å². The monoisotopic (exact) mass is 143 g/mol. The third kappa shape index (κ3) is 2.27. The topological polar surface area (TPSA) is 32.3 Å². The summed E-state index contributed by atoms with van der Waals surface area (Å²) in [6.45, 7) is 1.12. The quantitative estimate of drug-likeness (QED) is 0.598. The molecule has 1 aliphatic rings. The van der Waals surface area contributed by atoms with Crippen LogP contribution in [0.4, 0.5) is 0 Å². The Kier molecular flexibility index (Phi) is 3.16. The van der Waals surface area contributed by atoms with Crippen LogP contribution in [-0.2, 0) is 0 Å². The average Bonchev–Trinajstić information content (AvgIpc) is 1.95. The molecule has 0 heterocycles. The largest absolute Gasteiger partial charge is 0.393 e. The molecule has 0 bridgehead atoms. The fourth-order valence-electron chi connectivity index (χ4n) is 1.64. The molecule has 0 aromatic rings.